The highest BCUT2D eigenvalue weighted by molar-refractivity contribution is 5.66. The van der Waals surface area contributed by atoms with Crippen molar-refractivity contribution in [3.05, 3.63) is 0 Å². The van der Waals surface area contributed by atoms with E-state index >= 15 is 0 Å². The summed E-state index contributed by atoms with van der Waals surface area (Å²) >= 11 is 0. The Kier molecular flexibility index (Phi) is 6.20. The molecule has 1 fully saturated rings. The molecule has 7 heteroatoms. The average molecular weight is 276 g/mol. The van der Waals surface area contributed by atoms with Crippen molar-refractivity contribution in [2.24, 2.45) is 0 Å². The van der Waals surface area contributed by atoms with Crippen LogP contribution in [0.2, 0.25) is 0 Å². The van der Waals surface area contributed by atoms with Crippen molar-refractivity contribution in [3.8, 4) is 0 Å². The summed E-state index contributed by atoms with van der Waals surface area (Å²) in [4.78, 5) is 22.0. The lowest BCUT2D eigenvalue weighted by molar-refractivity contribution is -0.225. The van der Waals surface area contributed by atoms with Crippen LogP contribution in [0.25, 0.3) is 0 Å². The number of carbonyl (C=O) groups excluding carboxylic acids is 2. The van der Waals surface area contributed by atoms with Crippen LogP contribution in [0.1, 0.15) is 13.8 Å². The molecule has 1 aliphatic rings. The zero-order valence-electron chi connectivity index (χ0n) is 11.6. The van der Waals surface area contributed by atoms with E-state index in [0.29, 0.717) is 0 Å². The van der Waals surface area contributed by atoms with Gasteiger partial charge >= 0.3 is 11.9 Å². The van der Waals surface area contributed by atoms with E-state index in [0.717, 1.165) is 0 Å². The summed E-state index contributed by atoms with van der Waals surface area (Å²) in [5, 5.41) is 0. The van der Waals surface area contributed by atoms with E-state index in [-0.39, 0.29) is 19.3 Å². The average Bonchev–Trinajstić information content (AvgIpc) is 2.35. The standard InChI is InChI=1S/C12H20O7/c1-7(13)17-6-10-12(19-8(2)14)11(16-4)9(15-3)5-18-10/h9-12H,5-6H2,1-4H3/t9-,10+,11-,12+/m0/s1. The van der Waals surface area contributed by atoms with E-state index in [1.165, 1.54) is 28.1 Å². The molecule has 1 saturated heterocycles. The molecule has 1 rings (SSSR count). The van der Waals surface area contributed by atoms with Crippen LogP contribution < -0.4 is 0 Å². The maximum atomic E-state index is 11.2. The molecule has 0 aromatic heterocycles. The van der Waals surface area contributed by atoms with Gasteiger partial charge in [0.2, 0.25) is 0 Å². The zero-order valence-corrected chi connectivity index (χ0v) is 11.6. The summed E-state index contributed by atoms with van der Waals surface area (Å²) in [6.07, 6.45) is -2.06. The Labute approximate surface area is 112 Å². The number of ether oxygens (including phenoxy) is 5. The van der Waals surface area contributed by atoms with Gasteiger partial charge in [-0.1, -0.05) is 0 Å². The molecule has 0 aliphatic carbocycles. The summed E-state index contributed by atoms with van der Waals surface area (Å²) in [6.45, 7) is 2.88. The molecule has 1 aliphatic heterocycles. The van der Waals surface area contributed by atoms with Gasteiger partial charge in [0.15, 0.2) is 6.10 Å². The SMILES string of the molecule is CO[C@@H]1[C@H](OC(C)=O)[C@@H](COC(C)=O)OC[C@@H]1OC. The van der Waals surface area contributed by atoms with Crippen molar-refractivity contribution in [2.45, 2.75) is 38.3 Å². The third-order valence-electron chi connectivity index (χ3n) is 2.86. The van der Waals surface area contributed by atoms with E-state index in [4.69, 9.17) is 23.7 Å². The minimum Gasteiger partial charge on any atom is -0.463 e. The highest BCUT2D eigenvalue weighted by atomic mass is 16.6. The van der Waals surface area contributed by atoms with Gasteiger partial charge in [0.25, 0.3) is 0 Å². The summed E-state index contributed by atoms with van der Waals surface area (Å²) in [6, 6.07) is 0. The first-order chi connectivity index (χ1) is 8.99. The number of esters is 2. The molecule has 0 N–H and O–H groups in total. The summed E-state index contributed by atoms with van der Waals surface area (Å²) < 4.78 is 26.2. The molecule has 4 atom stereocenters. The Morgan fingerprint density at radius 3 is 2.26 bits per heavy atom. The van der Waals surface area contributed by atoms with Crippen LogP contribution in [0, 0.1) is 0 Å². The molecule has 0 radical (unpaired) electrons. The second kappa shape index (κ2) is 7.42. The Balaban J connectivity index is 2.77. The second-order valence-corrected chi connectivity index (χ2v) is 4.22. The van der Waals surface area contributed by atoms with Crippen LogP contribution in [0.5, 0.6) is 0 Å². The van der Waals surface area contributed by atoms with Gasteiger partial charge in [0.05, 0.1) is 6.61 Å². The minimum absolute atomic E-state index is 0.00355. The molecule has 1 heterocycles. The molecular formula is C12H20O7. The molecule has 0 bridgehead atoms. The fourth-order valence-corrected chi connectivity index (χ4v) is 2.00. The number of rotatable bonds is 5. The van der Waals surface area contributed by atoms with E-state index < -0.39 is 30.3 Å². The van der Waals surface area contributed by atoms with Gasteiger partial charge in [0.1, 0.15) is 24.9 Å². The van der Waals surface area contributed by atoms with Crippen molar-refractivity contribution in [1.82, 2.24) is 0 Å². The fourth-order valence-electron chi connectivity index (χ4n) is 2.00. The van der Waals surface area contributed by atoms with E-state index in [2.05, 4.69) is 0 Å². The molecule has 0 aromatic rings. The largest absolute Gasteiger partial charge is 0.463 e. The van der Waals surface area contributed by atoms with Gasteiger partial charge in [-0.2, -0.15) is 0 Å². The summed E-state index contributed by atoms with van der Waals surface area (Å²) in [5.74, 6) is -0.881. The predicted molar refractivity (Wildman–Crippen MR) is 63.5 cm³/mol. The smallest absolute Gasteiger partial charge is 0.303 e. The molecule has 0 spiro atoms. The molecule has 110 valence electrons. The number of hydrogen-bond donors (Lipinski definition) is 0. The van der Waals surface area contributed by atoms with Gasteiger partial charge in [-0.25, -0.2) is 0 Å². The topological polar surface area (TPSA) is 80.3 Å². The molecule has 0 aromatic carbocycles. The molecule has 19 heavy (non-hydrogen) atoms. The molecule has 0 unspecified atom stereocenters. The van der Waals surface area contributed by atoms with Gasteiger partial charge < -0.3 is 23.7 Å². The lowest BCUT2D eigenvalue weighted by Crippen LogP contribution is -2.57. The second-order valence-electron chi connectivity index (χ2n) is 4.22. The van der Waals surface area contributed by atoms with Crippen LogP contribution >= 0.6 is 0 Å². The van der Waals surface area contributed by atoms with Gasteiger partial charge in [-0.05, 0) is 0 Å². The Morgan fingerprint density at radius 2 is 1.79 bits per heavy atom. The van der Waals surface area contributed by atoms with Gasteiger partial charge in [0, 0.05) is 28.1 Å². The van der Waals surface area contributed by atoms with Crippen molar-refractivity contribution >= 4 is 11.9 Å². The third kappa shape index (κ3) is 4.45. The van der Waals surface area contributed by atoms with Crippen LogP contribution in [0.4, 0.5) is 0 Å². The highest BCUT2D eigenvalue weighted by Gasteiger charge is 2.43. The number of carbonyl (C=O) groups is 2. The quantitative estimate of drug-likeness (QED) is 0.649. The first kappa shape index (κ1) is 15.9. The first-order valence-corrected chi connectivity index (χ1v) is 5.97. The lowest BCUT2D eigenvalue weighted by atomic mass is 10.00. The summed E-state index contributed by atoms with van der Waals surface area (Å²) in [5.41, 5.74) is 0. The minimum atomic E-state index is -0.680. The molecule has 7 nitrogen and oxygen atoms in total. The fraction of sp³-hybridized carbons (Fsp3) is 0.833. The van der Waals surface area contributed by atoms with Crippen LogP contribution in [-0.2, 0) is 33.3 Å². The van der Waals surface area contributed by atoms with E-state index in [1.54, 1.807) is 0 Å². The van der Waals surface area contributed by atoms with Crippen LogP contribution in [0.15, 0.2) is 0 Å². The Morgan fingerprint density at radius 1 is 1.11 bits per heavy atom. The van der Waals surface area contributed by atoms with E-state index in [9.17, 15) is 9.59 Å². The highest BCUT2D eigenvalue weighted by Crippen LogP contribution is 2.23. The van der Waals surface area contributed by atoms with Crippen molar-refractivity contribution < 1.29 is 33.3 Å². The molecule has 0 saturated carbocycles. The maximum absolute atomic E-state index is 11.2. The summed E-state index contributed by atoms with van der Waals surface area (Å²) in [7, 11) is 3.03. The van der Waals surface area contributed by atoms with Gasteiger partial charge in [-0.3, -0.25) is 9.59 Å². The Hall–Kier alpha value is -1.18. The van der Waals surface area contributed by atoms with Crippen LogP contribution in [-0.4, -0.2) is 63.8 Å². The van der Waals surface area contributed by atoms with Gasteiger partial charge in [-0.15, -0.1) is 0 Å². The zero-order chi connectivity index (χ0) is 14.4. The maximum Gasteiger partial charge on any atom is 0.303 e. The van der Waals surface area contributed by atoms with Crippen molar-refractivity contribution in [1.29, 1.82) is 0 Å². The Bertz CT molecular complexity index is 317. The van der Waals surface area contributed by atoms with Crippen molar-refractivity contribution in [2.75, 3.05) is 27.4 Å². The number of hydrogen-bond acceptors (Lipinski definition) is 7. The third-order valence-corrected chi connectivity index (χ3v) is 2.86. The molecular weight excluding hydrogens is 256 g/mol. The normalized spacial score (nSPS) is 30.7. The van der Waals surface area contributed by atoms with Crippen LogP contribution in [0.3, 0.4) is 0 Å². The lowest BCUT2D eigenvalue weighted by Gasteiger charge is -2.40. The van der Waals surface area contributed by atoms with E-state index in [1.807, 2.05) is 0 Å². The molecule has 0 amide bonds. The van der Waals surface area contributed by atoms with Crippen molar-refractivity contribution in [3.63, 3.8) is 0 Å². The predicted octanol–water partition coefficient (Wildman–Crippen LogP) is -0.0900. The number of methoxy groups -OCH3 is 2. The monoisotopic (exact) mass is 276 g/mol. The first-order valence-electron chi connectivity index (χ1n) is 5.97.